The van der Waals surface area contributed by atoms with E-state index >= 15 is 0 Å². The van der Waals surface area contributed by atoms with Crippen LogP contribution in [0.1, 0.15) is 29.6 Å². The largest absolute Gasteiger partial charge is 0.478 e. The highest BCUT2D eigenvalue weighted by atomic mass is 35.5. The molecule has 4 rings (SSSR count). The Bertz CT molecular complexity index is 1410. The van der Waals surface area contributed by atoms with E-state index < -0.39 is 32.5 Å². The van der Waals surface area contributed by atoms with Gasteiger partial charge in [0, 0.05) is 24.0 Å². The van der Waals surface area contributed by atoms with Gasteiger partial charge in [-0.1, -0.05) is 29.3 Å². The zero-order chi connectivity index (χ0) is 27.3. The summed E-state index contributed by atoms with van der Waals surface area (Å²) in [6.45, 7) is 2.17. The van der Waals surface area contributed by atoms with E-state index in [1.54, 1.807) is 6.07 Å². The van der Waals surface area contributed by atoms with Crippen LogP contribution in [0.25, 0.3) is 10.9 Å². The predicted molar refractivity (Wildman–Crippen MR) is 142 cm³/mol. The number of fused-ring (bicyclic) bond motifs is 1. The molecular weight excluding hydrogens is 557 g/mol. The summed E-state index contributed by atoms with van der Waals surface area (Å²) in [5, 5.41) is 29.2. The number of aromatic nitrogens is 2. The van der Waals surface area contributed by atoms with Gasteiger partial charge in [0.2, 0.25) is 15.7 Å². The van der Waals surface area contributed by atoms with Gasteiger partial charge in [0.1, 0.15) is 11.2 Å². The van der Waals surface area contributed by atoms with Crippen molar-refractivity contribution in [1.82, 2.24) is 36.2 Å². The second kappa shape index (κ2) is 11.9. The Balaban J connectivity index is 1.60. The standard InChI is InChI=1S/C23H27Cl2N7O5S/c24-16-4-3-5-17(25)19(16)38(36,37)32-23(21(34)35,8-1-2-9-26-22-27-10-11-28-22)30-20(33)14-6-7-18-15(12-14)13-29-31-18/h3-7,12-13,22,26-28,32H,1-2,8-11H2,(H,29,31)(H,30,33)(H,34,35). The SMILES string of the molecule is O=C(NC(CCCCNC1NCCN1)(NS(=O)(=O)c1c(Cl)cccc1Cl)C(=O)O)c1ccc2[nH]ncc2c1. The van der Waals surface area contributed by atoms with E-state index in [0.29, 0.717) is 23.9 Å². The first kappa shape index (κ1) is 28.2. The molecule has 12 nitrogen and oxygen atoms in total. The van der Waals surface area contributed by atoms with Gasteiger partial charge in [-0.3, -0.25) is 25.8 Å². The fraction of sp³-hybridized carbons (Fsp3) is 0.348. The molecule has 0 aliphatic carbocycles. The molecule has 0 radical (unpaired) electrons. The van der Waals surface area contributed by atoms with Gasteiger partial charge >= 0.3 is 5.97 Å². The molecular formula is C23H27Cl2N7O5S. The van der Waals surface area contributed by atoms with Crippen molar-refractivity contribution in [2.24, 2.45) is 0 Å². The van der Waals surface area contributed by atoms with E-state index in [-0.39, 0.29) is 34.7 Å². The van der Waals surface area contributed by atoms with Crippen molar-refractivity contribution < 1.29 is 23.1 Å². The predicted octanol–water partition coefficient (Wildman–Crippen LogP) is 1.60. The number of nitrogens with zero attached hydrogens (tertiary/aromatic N) is 1. The zero-order valence-corrected chi connectivity index (χ0v) is 22.4. The molecule has 3 aromatic rings. The van der Waals surface area contributed by atoms with Crippen LogP contribution in [-0.2, 0) is 14.8 Å². The van der Waals surface area contributed by atoms with Crippen LogP contribution in [0.5, 0.6) is 0 Å². The van der Waals surface area contributed by atoms with Gasteiger partial charge in [0.15, 0.2) is 0 Å². The minimum absolute atomic E-state index is 0.0577. The number of carbonyl (C=O) groups excluding carboxylic acids is 1. The van der Waals surface area contributed by atoms with Crippen LogP contribution >= 0.6 is 23.2 Å². The molecule has 38 heavy (non-hydrogen) atoms. The zero-order valence-electron chi connectivity index (χ0n) is 20.1. The number of carbonyl (C=O) groups is 2. The third-order valence-electron chi connectivity index (χ3n) is 6.04. The number of aromatic amines is 1. The number of halogens is 2. The van der Waals surface area contributed by atoms with Crippen LogP contribution in [0.4, 0.5) is 0 Å². The van der Waals surface area contributed by atoms with Gasteiger partial charge in [0.05, 0.1) is 21.8 Å². The van der Waals surface area contributed by atoms with Crippen molar-refractivity contribution in [2.45, 2.75) is 36.1 Å². The maximum atomic E-state index is 13.4. The highest BCUT2D eigenvalue weighted by molar-refractivity contribution is 7.89. The summed E-state index contributed by atoms with van der Waals surface area (Å²) in [5.41, 5.74) is -1.59. The number of benzene rings is 2. The number of carboxylic acids is 1. The third-order valence-corrected chi connectivity index (χ3v) is 8.49. The number of hydrogen-bond donors (Lipinski definition) is 7. The molecule has 204 valence electrons. The summed E-state index contributed by atoms with van der Waals surface area (Å²) < 4.78 is 28.9. The van der Waals surface area contributed by atoms with Gasteiger partial charge in [0.25, 0.3) is 5.91 Å². The van der Waals surface area contributed by atoms with E-state index in [1.165, 1.54) is 36.5 Å². The number of rotatable bonds is 12. The van der Waals surface area contributed by atoms with Gasteiger partial charge in [-0.05, 0) is 56.1 Å². The molecule has 7 N–H and O–H groups in total. The topological polar surface area (TPSA) is 177 Å². The lowest BCUT2D eigenvalue weighted by molar-refractivity contribution is -0.145. The summed E-state index contributed by atoms with van der Waals surface area (Å²) in [6.07, 6.45) is 1.96. The summed E-state index contributed by atoms with van der Waals surface area (Å²) in [6, 6.07) is 8.71. The van der Waals surface area contributed by atoms with Crippen LogP contribution in [0.15, 0.2) is 47.5 Å². The molecule has 15 heteroatoms. The average molecular weight is 584 g/mol. The first-order chi connectivity index (χ1) is 18.1. The molecule has 1 aliphatic heterocycles. The highest BCUT2D eigenvalue weighted by Crippen LogP contribution is 2.30. The lowest BCUT2D eigenvalue weighted by atomic mass is 10.0. The second-order valence-electron chi connectivity index (χ2n) is 8.75. The molecule has 1 saturated heterocycles. The van der Waals surface area contributed by atoms with Crippen molar-refractivity contribution >= 4 is 56.0 Å². The van der Waals surface area contributed by atoms with E-state index in [2.05, 4.69) is 36.2 Å². The average Bonchev–Trinajstić information content (AvgIpc) is 3.54. The Morgan fingerprint density at radius 2 is 1.82 bits per heavy atom. The molecule has 1 aliphatic rings. The van der Waals surface area contributed by atoms with E-state index in [0.717, 1.165) is 13.1 Å². The van der Waals surface area contributed by atoms with Crippen molar-refractivity contribution in [3.8, 4) is 0 Å². The van der Waals surface area contributed by atoms with E-state index in [1.807, 2.05) is 0 Å². The molecule has 2 aromatic carbocycles. The van der Waals surface area contributed by atoms with Crippen LogP contribution in [-0.4, -0.2) is 67.2 Å². The number of sulfonamides is 1. The van der Waals surface area contributed by atoms with E-state index in [9.17, 15) is 23.1 Å². The number of carboxylic acid groups (broad SMARTS) is 1. The third kappa shape index (κ3) is 6.43. The minimum atomic E-state index is -4.59. The van der Waals surface area contributed by atoms with E-state index in [4.69, 9.17) is 23.2 Å². The van der Waals surface area contributed by atoms with Gasteiger partial charge in [-0.15, -0.1) is 0 Å². The maximum absolute atomic E-state index is 13.4. The summed E-state index contributed by atoms with van der Waals surface area (Å²) in [4.78, 5) is 25.4. The fourth-order valence-corrected chi connectivity index (χ4v) is 6.58. The molecule has 1 aromatic heterocycles. The molecule has 1 atom stereocenters. The van der Waals surface area contributed by atoms with Crippen LogP contribution in [0.2, 0.25) is 10.0 Å². The Hall–Kier alpha value is -2.78. The van der Waals surface area contributed by atoms with Gasteiger partial charge in [-0.25, -0.2) is 13.2 Å². The van der Waals surface area contributed by atoms with Crippen molar-refractivity contribution in [3.63, 3.8) is 0 Å². The number of unbranched alkanes of at least 4 members (excludes halogenated alkanes) is 1. The second-order valence-corrected chi connectivity index (χ2v) is 11.2. The monoisotopic (exact) mass is 583 g/mol. The van der Waals surface area contributed by atoms with Crippen LogP contribution < -0.4 is 26.0 Å². The molecule has 0 bridgehead atoms. The molecule has 1 amide bonds. The molecule has 1 unspecified atom stereocenters. The summed E-state index contributed by atoms with van der Waals surface area (Å²) >= 11 is 12.2. The number of hydrogen-bond acceptors (Lipinski definition) is 8. The summed E-state index contributed by atoms with van der Waals surface area (Å²) in [7, 11) is -4.59. The Morgan fingerprint density at radius 3 is 2.50 bits per heavy atom. The van der Waals surface area contributed by atoms with Gasteiger partial charge in [-0.2, -0.15) is 9.82 Å². The first-order valence-electron chi connectivity index (χ1n) is 11.8. The van der Waals surface area contributed by atoms with Crippen molar-refractivity contribution in [1.29, 1.82) is 0 Å². The maximum Gasteiger partial charge on any atom is 0.345 e. The summed E-state index contributed by atoms with van der Waals surface area (Å²) in [5.74, 6) is -2.38. The molecule has 2 heterocycles. The Kier molecular flexibility index (Phi) is 8.88. The number of nitrogens with one attached hydrogen (secondary N) is 6. The lowest BCUT2D eigenvalue weighted by Crippen LogP contribution is -2.65. The molecule has 0 saturated carbocycles. The molecule has 0 spiro atoms. The smallest absolute Gasteiger partial charge is 0.345 e. The Morgan fingerprint density at radius 1 is 1.11 bits per heavy atom. The van der Waals surface area contributed by atoms with Gasteiger partial charge < -0.3 is 10.4 Å². The highest BCUT2D eigenvalue weighted by Gasteiger charge is 2.44. The fourth-order valence-electron chi connectivity index (χ4n) is 4.12. The minimum Gasteiger partial charge on any atom is -0.478 e. The van der Waals surface area contributed by atoms with Crippen LogP contribution in [0.3, 0.4) is 0 Å². The number of aliphatic carboxylic acids is 1. The van der Waals surface area contributed by atoms with Crippen molar-refractivity contribution in [3.05, 3.63) is 58.2 Å². The first-order valence-corrected chi connectivity index (χ1v) is 14.0. The van der Waals surface area contributed by atoms with Crippen molar-refractivity contribution in [2.75, 3.05) is 19.6 Å². The van der Waals surface area contributed by atoms with Crippen LogP contribution in [0, 0.1) is 0 Å². The molecule has 1 fully saturated rings. The normalized spacial score (nSPS) is 15.9. The number of amides is 1. The quantitative estimate of drug-likeness (QED) is 0.123. The Labute approximate surface area is 228 Å². The lowest BCUT2D eigenvalue weighted by Gasteiger charge is -2.31. The number of H-pyrrole nitrogens is 1.